The summed E-state index contributed by atoms with van der Waals surface area (Å²) in [6.45, 7) is 0. The summed E-state index contributed by atoms with van der Waals surface area (Å²) in [7, 11) is 0.953. The molecule has 0 radical (unpaired) electrons. The second kappa shape index (κ2) is 8.60. The fourth-order valence-corrected chi connectivity index (χ4v) is 4.04. The summed E-state index contributed by atoms with van der Waals surface area (Å²) in [4.78, 5) is 4.66. The van der Waals surface area contributed by atoms with Crippen LogP contribution in [0.4, 0.5) is 5.13 Å². The average Bonchev–Trinajstić information content (AvgIpc) is 3.18. The van der Waals surface area contributed by atoms with E-state index in [0.29, 0.717) is 22.1 Å². The van der Waals surface area contributed by atoms with Crippen LogP contribution >= 0.6 is 11.3 Å². The lowest BCUT2D eigenvalue weighted by Crippen LogP contribution is -2.22. The molecule has 10 heteroatoms. The van der Waals surface area contributed by atoms with Crippen LogP contribution in [0.3, 0.4) is 0 Å². The molecule has 0 aliphatic rings. The van der Waals surface area contributed by atoms with Crippen molar-refractivity contribution in [3.8, 4) is 22.8 Å². The molecule has 1 aromatic heterocycles. The summed E-state index contributed by atoms with van der Waals surface area (Å²) in [5, 5.41) is 16.1. The number of aromatic nitrogens is 1. The van der Waals surface area contributed by atoms with Gasteiger partial charge in [0, 0.05) is 25.0 Å². The molecule has 0 fully saturated rings. The number of phenolic OH excluding ortho intramolecular Hbond substituents is 1. The number of thiazole rings is 1. The molecule has 0 bridgehead atoms. The monoisotopic (exact) mass is 432 g/mol. The number of phenols is 1. The molecule has 0 saturated carbocycles. The Bertz CT molecular complexity index is 1140. The maximum absolute atomic E-state index is 12.3. The van der Waals surface area contributed by atoms with E-state index in [0.717, 1.165) is 5.56 Å². The number of hydrogen-bond acceptors (Lipinski definition) is 8. The van der Waals surface area contributed by atoms with Gasteiger partial charge in [0.05, 0.1) is 23.9 Å². The van der Waals surface area contributed by atoms with Crippen molar-refractivity contribution < 1.29 is 18.3 Å². The van der Waals surface area contributed by atoms with Crippen LogP contribution in [-0.2, 0) is 10.0 Å². The highest BCUT2D eigenvalue weighted by atomic mass is 32.2. The van der Waals surface area contributed by atoms with E-state index >= 15 is 0 Å². The molecule has 3 aromatic rings. The van der Waals surface area contributed by atoms with Crippen LogP contribution in [0.1, 0.15) is 5.56 Å². The summed E-state index contributed by atoms with van der Waals surface area (Å²) in [6, 6.07) is 11.5. The minimum atomic E-state index is -3.51. The zero-order valence-corrected chi connectivity index (χ0v) is 17.7. The maximum Gasteiger partial charge on any atom is 0.242 e. The highest BCUT2D eigenvalue weighted by Crippen LogP contribution is 2.28. The molecule has 0 atom stereocenters. The number of anilines is 1. The molecule has 0 unspecified atom stereocenters. The minimum absolute atomic E-state index is 0.0562. The van der Waals surface area contributed by atoms with Crippen LogP contribution < -0.4 is 10.2 Å². The molecule has 152 valence electrons. The van der Waals surface area contributed by atoms with Crippen LogP contribution in [0.25, 0.3) is 11.3 Å². The predicted molar refractivity (Wildman–Crippen MR) is 114 cm³/mol. The van der Waals surface area contributed by atoms with Gasteiger partial charge in [0.2, 0.25) is 15.2 Å². The summed E-state index contributed by atoms with van der Waals surface area (Å²) < 4.78 is 30.9. The Morgan fingerprint density at radius 1 is 1.24 bits per heavy atom. The normalized spacial score (nSPS) is 11.9. The Morgan fingerprint density at radius 2 is 2.03 bits per heavy atom. The summed E-state index contributed by atoms with van der Waals surface area (Å²) in [5.41, 5.74) is 4.93. The number of nitrogens with zero attached hydrogens (tertiary/aromatic N) is 3. The fourth-order valence-electron chi connectivity index (χ4n) is 2.42. The molecule has 0 aliphatic heterocycles. The maximum atomic E-state index is 12.3. The zero-order chi connectivity index (χ0) is 21.0. The lowest BCUT2D eigenvalue weighted by molar-refractivity contribution is 0.373. The summed E-state index contributed by atoms with van der Waals surface area (Å²) in [5.74, 6) is 0.415. The topological polar surface area (TPSA) is 104 Å². The Morgan fingerprint density at radius 3 is 2.76 bits per heavy atom. The largest absolute Gasteiger partial charge is 0.504 e. The molecular weight excluding hydrogens is 412 g/mol. The molecule has 29 heavy (non-hydrogen) atoms. The van der Waals surface area contributed by atoms with E-state index in [1.54, 1.807) is 42.6 Å². The van der Waals surface area contributed by atoms with Gasteiger partial charge < -0.3 is 9.84 Å². The van der Waals surface area contributed by atoms with Crippen LogP contribution in [0.15, 0.2) is 57.8 Å². The number of ether oxygens (including phenoxy) is 1. The summed E-state index contributed by atoms with van der Waals surface area (Å²) >= 11 is 1.35. The highest BCUT2D eigenvalue weighted by molar-refractivity contribution is 7.89. The first-order valence-electron chi connectivity index (χ1n) is 8.46. The first kappa shape index (κ1) is 20.8. The Hall–Kier alpha value is -2.95. The summed E-state index contributed by atoms with van der Waals surface area (Å²) in [6.07, 6.45) is 1.58. The van der Waals surface area contributed by atoms with Crippen LogP contribution in [0.2, 0.25) is 0 Å². The number of nitrogens with one attached hydrogen (secondary N) is 1. The van der Waals surface area contributed by atoms with Crippen molar-refractivity contribution in [3.63, 3.8) is 0 Å². The van der Waals surface area contributed by atoms with Crippen molar-refractivity contribution >= 4 is 32.7 Å². The number of benzene rings is 2. The van der Waals surface area contributed by atoms with Gasteiger partial charge in [-0.2, -0.15) is 5.10 Å². The Balaban J connectivity index is 1.75. The highest BCUT2D eigenvalue weighted by Gasteiger charge is 2.18. The van der Waals surface area contributed by atoms with Gasteiger partial charge >= 0.3 is 0 Å². The van der Waals surface area contributed by atoms with Crippen molar-refractivity contribution in [2.45, 2.75) is 4.90 Å². The molecule has 2 aromatic carbocycles. The lowest BCUT2D eigenvalue weighted by atomic mass is 10.2. The number of sulfonamides is 1. The Labute approximate surface area is 173 Å². The van der Waals surface area contributed by atoms with E-state index in [4.69, 9.17) is 4.74 Å². The number of methoxy groups -OCH3 is 1. The zero-order valence-electron chi connectivity index (χ0n) is 16.0. The third-order valence-electron chi connectivity index (χ3n) is 3.99. The fraction of sp³-hybridized carbons (Fsp3) is 0.158. The van der Waals surface area contributed by atoms with Gasteiger partial charge in [-0.25, -0.2) is 17.7 Å². The van der Waals surface area contributed by atoms with Gasteiger partial charge in [0.15, 0.2) is 11.5 Å². The molecule has 2 N–H and O–H groups in total. The predicted octanol–water partition coefficient (Wildman–Crippen LogP) is 3.22. The Kier molecular flexibility index (Phi) is 6.16. The van der Waals surface area contributed by atoms with E-state index in [1.165, 1.54) is 42.9 Å². The third kappa shape index (κ3) is 4.73. The van der Waals surface area contributed by atoms with E-state index < -0.39 is 10.0 Å². The molecule has 0 saturated heterocycles. The average molecular weight is 433 g/mol. The van der Waals surface area contributed by atoms with Crippen molar-refractivity contribution in [3.05, 3.63) is 53.4 Å². The van der Waals surface area contributed by atoms with Gasteiger partial charge in [-0.15, -0.1) is 11.3 Å². The van der Waals surface area contributed by atoms with E-state index in [9.17, 15) is 13.5 Å². The second-order valence-corrected chi connectivity index (χ2v) is 9.16. The lowest BCUT2D eigenvalue weighted by Gasteiger charge is -2.11. The molecular formula is C19H20N4O4S2. The van der Waals surface area contributed by atoms with Crippen LogP contribution in [-0.4, -0.2) is 50.2 Å². The van der Waals surface area contributed by atoms with E-state index in [2.05, 4.69) is 15.5 Å². The van der Waals surface area contributed by atoms with Crippen LogP contribution in [0.5, 0.6) is 11.5 Å². The number of hydrazone groups is 1. The quantitative estimate of drug-likeness (QED) is 0.439. The van der Waals surface area contributed by atoms with E-state index in [1.807, 2.05) is 5.38 Å². The van der Waals surface area contributed by atoms with Crippen molar-refractivity contribution in [1.82, 2.24) is 9.29 Å². The van der Waals surface area contributed by atoms with Gasteiger partial charge in [0.25, 0.3) is 0 Å². The van der Waals surface area contributed by atoms with Gasteiger partial charge in [0.1, 0.15) is 0 Å². The van der Waals surface area contributed by atoms with Gasteiger partial charge in [-0.05, 0) is 35.9 Å². The van der Waals surface area contributed by atoms with Crippen LogP contribution in [0, 0.1) is 0 Å². The number of rotatable bonds is 7. The second-order valence-electron chi connectivity index (χ2n) is 6.15. The molecule has 3 rings (SSSR count). The minimum Gasteiger partial charge on any atom is -0.504 e. The smallest absolute Gasteiger partial charge is 0.242 e. The molecule has 8 nitrogen and oxygen atoms in total. The third-order valence-corrected chi connectivity index (χ3v) is 6.55. The van der Waals surface area contributed by atoms with E-state index in [-0.39, 0.29) is 10.6 Å². The first-order chi connectivity index (χ1) is 13.8. The number of hydrogen-bond donors (Lipinski definition) is 2. The van der Waals surface area contributed by atoms with Gasteiger partial charge in [-0.3, -0.25) is 5.43 Å². The first-order valence-corrected chi connectivity index (χ1v) is 10.8. The molecule has 1 heterocycles. The standard InChI is InChI=1S/C19H20N4O4S2/c1-23(2)29(25,26)15-6-4-5-14(10-15)16-12-28-19(21-16)22-20-11-13-7-8-17(24)18(9-13)27-3/h4-12,24H,1-3H3,(H,21,22). The SMILES string of the molecule is COc1cc(C=NNc2nc(-c3cccc(S(=O)(=O)N(C)C)c3)cs2)ccc1O. The number of aromatic hydroxyl groups is 1. The molecule has 0 spiro atoms. The molecule has 0 amide bonds. The van der Waals surface area contributed by atoms with Crippen molar-refractivity contribution in [2.75, 3.05) is 26.6 Å². The van der Waals surface area contributed by atoms with Crippen molar-refractivity contribution in [1.29, 1.82) is 0 Å². The molecule has 0 aliphatic carbocycles. The van der Waals surface area contributed by atoms with Gasteiger partial charge in [-0.1, -0.05) is 12.1 Å². The van der Waals surface area contributed by atoms with Crippen molar-refractivity contribution in [2.24, 2.45) is 5.10 Å².